The van der Waals surface area contributed by atoms with Crippen LogP contribution in [0, 0.1) is 11.2 Å². The van der Waals surface area contributed by atoms with E-state index in [0.29, 0.717) is 22.0 Å². The molecule has 0 saturated heterocycles. The number of nitrogens with two attached hydrogens (primary N) is 1. The van der Waals surface area contributed by atoms with E-state index in [0.717, 1.165) is 11.9 Å². The van der Waals surface area contributed by atoms with E-state index in [1.165, 1.54) is 6.07 Å². The molecule has 1 fully saturated rings. The van der Waals surface area contributed by atoms with Gasteiger partial charge in [-0.3, -0.25) is 0 Å². The molecule has 3 nitrogen and oxygen atoms in total. The first-order valence-electron chi connectivity index (χ1n) is 5.52. The van der Waals surface area contributed by atoms with Crippen LogP contribution in [0.4, 0.5) is 10.3 Å². The number of hydrogen-bond acceptors (Lipinski definition) is 2. The van der Waals surface area contributed by atoms with Crippen molar-refractivity contribution in [3.63, 3.8) is 0 Å². The molecule has 0 bridgehead atoms. The molecule has 1 unspecified atom stereocenters. The van der Waals surface area contributed by atoms with Gasteiger partial charge in [0.25, 0.3) is 0 Å². The Hall–Kier alpha value is -1.10. The van der Waals surface area contributed by atoms with Gasteiger partial charge in [-0.25, -0.2) is 9.37 Å². The van der Waals surface area contributed by atoms with Crippen LogP contribution in [-0.4, -0.2) is 9.55 Å². The molecule has 90 valence electrons. The second kappa shape index (κ2) is 3.22. The van der Waals surface area contributed by atoms with Crippen LogP contribution in [0.15, 0.2) is 16.6 Å². The number of hydrogen-bond donors (Lipinski definition) is 1. The van der Waals surface area contributed by atoms with Gasteiger partial charge in [0.05, 0.1) is 15.5 Å². The summed E-state index contributed by atoms with van der Waals surface area (Å²) in [5.74, 6) is 0.158. The van der Waals surface area contributed by atoms with Crippen molar-refractivity contribution in [2.75, 3.05) is 5.73 Å². The van der Waals surface area contributed by atoms with Gasteiger partial charge in [0.2, 0.25) is 5.95 Å². The van der Waals surface area contributed by atoms with E-state index in [1.807, 2.05) is 4.57 Å². The highest BCUT2D eigenvalue weighted by Crippen LogP contribution is 2.57. The van der Waals surface area contributed by atoms with Crippen LogP contribution >= 0.6 is 15.9 Å². The van der Waals surface area contributed by atoms with E-state index in [-0.39, 0.29) is 11.2 Å². The first-order valence-corrected chi connectivity index (χ1v) is 6.32. The second-order valence-corrected chi connectivity index (χ2v) is 6.16. The van der Waals surface area contributed by atoms with Crippen molar-refractivity contribution in [2.24, 2.45) is 5.41 Å². The smallest absolute Gasteiger partial charge is 0.201 e. The summed E-state index contributed by atoms with van der Waals surface area (Å²) in [7, 11) is 0. The van der Waals surface area contributed by atoms with Crippen molar-refractivity contribution in [3.8, 4) is 0 Å². The topological polar surface area (TPSA) is 43.8 Å². The van der Waals surface area contributed by atoms with E-state index < -0.39 is 0 Å². The molecule has 2 N–H and O–H groups in total. The maximum atomic E-state index is 13.4. The number of aromatic nitrogens is 2. The molecule has 5 heteroatoms. The van der Waals surface area contributed by atoms with E-state index in [4.69, 9.17) is 5.73 Å². The molecule has 17 heavy (non-hydrogen) atoms. The van der Waals surface area contributed by atoms with Crippen LogP contribution in [0.3, 0.4) is 0 Å². The van der Waals surface area contributed by atoms with Crippen LogP contribution in [0.2, 0.25) is 0 Å². The monoisotopic (exact) mass is 297 g/mol. The molecule has 0 radical (unpaired) electrons. The fraction of sp³-hybridized carbons (Fsp3) is 0.417. The summed E-state index contributed by atoms with van der Waals surface area (Å²) in [6, 6.07) is 3.54. The van der Waals surface area contributed by atoms with E-state index in [1.54, 1.807) is 6.07 Å². The molecular weight excluding hydrogens is 285 g/mol. The molecule has 1 aromatic carbocycles. The molecule has 1 aliphatic carbocycles. The van der Waals surface area contributed by atoms with Crippen molar-refractivity contribution < 1.29 is 4.39 Å². The molecule has 1 saturated carbocycles. The minimum Gasteiger partial charge on any atom is -0.369 e. The zero-order valence-electron chi connectivity index (χ0n) is 9.67. The lowest BCUT2D eigenvalue weighted by atomic mass is 10.2. The summed E-state index contributed by atoms with van der Waals surface area (Å²) in [5, 5.41) is 0. The van der Waals surface area contributed by atoms with Crippen LogP contribution in [0.5, 0.6) is 0 Å². The first-order chi connectivity index (χ1) is 7.90. The fourth-order valence-corrected chi connectivity index (χ4v) is 2.65. The number of imidazole rings is 1. The standard InChI is InChI=1S/C12H13BrFN3/c1-12(2)5-10(12)17-9-3-6(13)7(14)4-8(9)16-11(17)15/h3-4,10H,5H2,1-2H3,(H2,15,16). The highest BCUT2D eigenvalue weighted by atomic mass is 79.9. The predicted molar refractivity (Wildman–Crippen MR) is 69.2 cm³/mol. The molecule has 0 aliphatic heterocycles. The summed E-state index contributed by atoms with van der Waals surface area (Å²) in [6.07, 6.45) is 1.08. The van der Waals surface area contributed by atoms with Gasteiger partial charge in [-0.05, 0) is 33.8 Å². The summed E-state index contributed by atoms with van der Waals surface area (Å²) >= 11 is 3.20. The van der Waals surface area contributed by atoms with Crippen molar-refractivity contribution in [2.45, 2.75) is 26.3 Å². The number of halogens is 2. The Labute approximate surface area is 107 Å². The first kappa shape index (κ1) is 11.0. The number of fused-ring (bicyclic) bond motifs is 1. The lowest BCUT2D eigenvalue weighted by molar-refractivity contribution is 0.553. The van der Waals surface area contributed by atoms with Crippen LogP contribution in [0.25, 0.3) is 11.0 Å². The SMILES string of the molecule is CC1(C)CC1n1c(N)nc2cc(F)c(Br)cc21. The minimum absolute atomic E-state index is 0.253. The number of nitrogens with zero attached hydrogens (tertiary/aromatic N) is 2. The van der Waals surface area contributed by atoms with Gasteiger partial charge in [0, 0.05) is 12.1 Å². The van der Waals surface area contributed by atoms with Crippen molar-refractivity contribution in [1.29, 1.82) is 0 Å². The van der Waals surface area contributed by atoms with E-state index in [9.17, 15) is 4.39 Å². The van der Waals surface area contributed by atoms with Gasteiger partial charge in [0.15, 0.2) is 0 Å². The molecule has 1 atom stereocenters. The van der Waals surface area contributed by atoms with Crippen LogP contribution in [0.1, 0.15) is 26.3 Å². The minimum atomic E-state index is -0.308. The third kappa shape index (κ3) is 1.56. The molecule has 0 spiro atoms. The second-order valence-electron chi connectivity index (χ2n) is 5.30. The molecular formula is C12H13BrFN3. The summed E-state index contributed by atoms with van der Waals surface area (Å²) in [4.78, 5) is 4.22. The Morgan fingerprint density at radius 2 is 2.18 bits per heavy atom. The lowest BCUT2D eigenvalue weighted by Gasteiger charge is -2.08. The summed E-state index contributed by atoms with van der Waals surface area (Å²) in [6.45, 7) is 4.39. The van der Waals surface area contributed by atoms with Crippen LogP contribution in [-0.2, 0) is 0 Å². The Balaban J connectivity index is 2.24. The zero-order valence-corrected chi connectivity index (χ0v) is 11.3. The molecule has 3 rings (SSSR count). The molecule has 1 aromatic heterocycles. The average Bonchev–Trinajstić information content (AvgIpc) is 2.70. The number of rotatable bonds is 1. The van der Waals surface area contributed by atoms with Gasteiger partial charge in [0.1, 0.15) is 5.82 Å². The van der Waals surface area contributed by atoms with Gasteiger partial charge in [-0.1, -0.05) is 13.8 Å². The molecule has 0 amide bonds. The lowest BCUT2D eigenvalue weighted by Crippen LogP contribution is -2.04. The highest BCUT2D eigenvalue weighted by molar-refractivity contribution is 9.10. The van der Waals surface area contributed by atoms with E-state index in [2.05, 4.69) is 34.8 Å². The van der Waals surface area contributed by atoms with Gasteiger partial charge in [-0.15, -0.1) is 0 Å². The van der Waals surface area contributed by atoms with Crippen molar-refractivity contribution >= 4 is 32.9 Å². The zero-order chi connectivity index (χ0) is 12.4. The Morgan fingerprint density at radius 3 is 2.76 bits per heavy atom. The van der Waals surface area contributed by atoms with E-state index >= 15 is 0 Å². The maximum absolute atomic E-state index is 13.4. The van der Waals surface area contributed by atoms with Crippen LogP contribution < -0.4 is 5.73 Å². The largest absolute Gasteiger partial charge is 0.369 e. The van der Waals surface area contributed by atoms with Crippen molar-refractivity contribution in [3.05, 3.63) is 22.4 Å². The third-order valence-electron chi connectivity index (χ3n) is 3.53. The maximum Gasteiger partial charge on any atom is 0.201 e. The fourth-order valence-electron chi connectivity index (χ4n) is 2.32. The molecule has 1 heterocycles. The Bertz CT molecular complexity index is 618. The van der Waals surface area contributed by atoms with Gasteiger partial charge in [-0.2, -0.15) is 0 Å². The highest BCUT2D eigenvalue weighted by Gasteiger charge is 2.48. The number of benzene rings is 1. The summed E-state index contributed by atoms with van der Waals surface area (Å²) < 4.78 is 15.9. The quantitative estimate of drug-likeness (QED) is 0.875. The average molecular weight is 298 g/mol. The number of nitrogen functional groups attached to an aromatic ring is 1. The molecule has 1 aliphatic rings. The summed E-state index contributed by atoms with van der Waals surface area (Å²) in [5.41, 5.74) is 7.69. The predicted octanol–water partition coefficient (Wildman–Crippen LogP) is 3.49. The third-order valence-corrected chi connectivity index (χ3v) is 4.14. The Kier molecular flexibility index (Phi) is 2.09. The normalized spacial score (nSPS) is 22.0. The molecule has 2 aromatic rings. The van der Waals surface area contributed by atoms with Gasteiger partial charge >= 0.3 is 0 Å². The van der Waals surface area contributed by atoms with Gasteiger partial charge < -0.3 is 10.3 Å². The van der Waals surface area contributed by atoms with Crippen molar-refractivity contribution in [1.82, 2.24) is 9.55 Å². The number of anilines is 1. The Morgan fingerprint density at radius 1 is 1.53 bits per heavy atom.